The highest BCUT2D eigenvalue weighted by Gasteiger charge is 2.21. The van der Waals surface area contributed by atoms with Gasteiger partial charge in [-0.3, -0.25) is 0 Å². The highest BCUT2D eigenvalue weighted by Crippen LogP contribution is 2.10. The molecule has 0 aliphatic heterocycles. The van der Waals surface area contributed by atoms with Crippen molar-refractivity contribution in [1.82, 2.24) is 10.3 Å². The summed E-state index contributed by atoms with van der Waals surface area (Å²) in [6.07, 6.45) is 1.98. The van der Waals surface area contributed by atoms with Crippen LogP contribution in [-0.2, 0) is 16.0 Å². The molecule has 2 aromatic rings. The molecule has 24 heavy (non-hydrogen) atoms. The van der Waals surface area contributed by atoms with Gasteiger partial charge in [0.2, 0.25) is 0 Å². The van der Waals surface area contributed by atoms with Gasteiger partial charge in [-0.1, -0.05) is 41.9 Å². The molecular weight excluding hydrogens is 346 g/mol. The van der Waals surface area contributed by atoms with E-state index in [1.165, 1.54) is 6.20 Å². The van der Waals surface area contributed by atoms with Crippen molar-refractivity contribution in [1.29, 1.82) is 0 Å². The van der Waals surface area contributed by atoms with Gasteiger partial charge in [0.25, 0.3) is 0 Å². The Hall–Kier alpha value is -2.18. The van der Waals surface area contributed by atoms with Crippen LogP contribution in [0.15, 0.2) is 48.7 Å². The molecule has 1 aromatic heterocycles. The Morgan fingerprint density at radius 2 is 2.04 bits per heavy atom. The normalized spacial score (nSPS) is 11.4. The number of hydrogen-bond acceptors (Lipinski definition) is 4. The lowest BCUT2D eigenvalue weighted by Gasteiger charge is -2.19. The largest absolute Gasteiger partial charge is 0.464 e. The molecule has 0 spiro atoms. The molecule has 0 radical (unpaired) electrons. The van der Waals surface area contributed by atoms with Gasteiger partial charge >= 0.3 is 5.97 Å². The van der Waals surface area contributed by atoms with E-state index < -0.39 is 6.04 Å². The maximum atomic E-state index is 12.2. The fourth-order valence-electron chi connectivity index (χ4n) is 2.05. The van der Waals surface area contributed by atoms with Crippen molar-refractivity contribution >= 4 is 40.7 Å². The summed E-state index contributed by atoms with van der Waals surface area (Å²) in [6, 6.07) is 12.5. The van der Waals surface area contributed by atoms with Crippen molar-refractivity contribution in [2.75, 3.05) is 11.9 Å². The van der Waals surface area contributed by atoms with Crippen LogP contribution in [0.5, 0.6) is 0 Å². The van der Waals surface area contributed by atoms with E-state index in [2.05, 4.69) is 15.6 Å². The SMILES string of the molecule is CCOC(=O)C(Cc1ccccc1)NC(=S)Nc1ccc(Cl)cn1. The number of anilines is 1. The second-order valence-corrected chi connectivity index (χ2v) is 5.80. The summed E-state index contributed by atoms with van der Waals surface area (Å²) in [4.78, 5) is 16.3. The number of ether oxygens (including phenoxy) is 1. The van der Waals surface area contributed by atoms with Crippen LogP contribution in [0.25, 0.3) is 0 Å². The third kappa shape index (κ3) is 5.79. The maximum absolute atomic E-state index is 12.2. The van der Waals surface area contributed by atoms with Gasteiger partial charge in [0.1, 0.15) is 11.9 Å². The number of hydrogen-bond donors (Lipinski definition) is 2. The van der Waals surface area contributed by atoms with Crippen molar-refractivity contribution in [2.24, 2.45) is 0 Å². The van der Waals surface area contributed by atoms with Gasteiger partial charge in [-0.05, 0) is 36.8 Å². The Balaban J connectivity index is 2.02. The van der Waals surface area contributed by atoms with Gasteiger partial charge in [-0.2, -0.15) is 0 Å². The zero-order chi connectivity index (χ0) is 17.4. The molecule has 0 amide bonds. The van der Waals surface area contributed by atoms with E-state index in [0.717, 1.165) is 5.56 Å². The van der Waals surface area contributed by atoms with E-state index in [0.29, 0.717) is 29.0 Å². The molecule has 0 aliphatic carbocycles. The Kier molecular flexibility index (Phi) is 6.96. The van der Waals surface area contributed by atoms with Crippen LogP contribution in [0.4, 0.5) is 5.82 Å². The molecule has 7 heteroatoms. The molecule has 2 N–H and O–H groups in total. The molecule has 2 rings (SSSR count). The highest BCUT2D eigenvalue weighted by atomic mass is 35.5. The Bertz CT molecular complexity index is 680. The van der Waals surface area contributed by atoms with E-state index in [1.54, 1.807) is 19.1 Å². The summed E-state index contributed by atoms with van der Waals surface area (Å²) in [7, 11) is 0. The number of carbonyl (C=O) groups is 1. The van der Waals surface area contributed by atoms with E-state index in [4.69, 9.17) is 28.6 Å². The van der Waals surface area contributed by atoms with Crippen LogP contribution < -0.4 is 10.6 Å². The fraction of sp³-hybridized carbons (Fsp3) is 0.235. The first-order valence-electron chi connectivity index (χ1n) is 7.48. The zero-order valence-corrected chi connectivity index (χ0v) is 14.7. The van der Waals surface area contributed by atoms with Crippen molar-refractivity contribution in [3.05, 3.63) is 59.2 Å². The summed E-state index contributed by atoms with van der Waals surface area (Å²) >= 11 is 11.1. The quantitative estimate of drug-likeness (QED) is 0.607. The number of nitrogens with one attached hydrogen (secondary N) is 2. The second-order valence-electron chi connectivity index (χ2n) is 4.95. The average Bonchev–Trinajstić information content (AvgIpc) is 2.57. The van der Waals surface area contributed by atoms with Crippen LogP contribution in [0, 0.1) is 0 Å². The summed E-state index contributed by atoms with van der Waals surface area (Å²) in [5, 5.41) is 6.74. The third-order valence-corrected chi connectivity index (χ3v) is 3.57. The fourth-order valence-corrected chi connectivity index (χ4v) is 2.40. The predicted octanol–water partition coefficient (Wildman–Crippen LogP) is 3.20. The van der Waals surface area contributed by atoms with Gasteiger partial charge in [0.05, 0.1) is 11.6 Å². The molecule has 0 saturated carbocycles. The van der Waals surface area contributed by atoms with Crippen molar-refractivity contribution in [3.8, 4) is 0 Å². The van der Waals surface area contributed by atoms with Gasteiger partial charge in [0, 0.05) is 12.6 Å². The van der Waals surface area contributed by atoms with Crippen molar-refractivity contribution < 1.29 is 9.53 Å². The summed E-state index contributed by atoms with van der Waals surface area (Å²) in [6.45, 7) is 2.08. The van der Waals surface area contributed by atoms with Crippen LogP contribution in [-0.4, -0.2) is 28.7 Å². The third-order valence-electron chi connectivity index (χ3n) is 3.13. The Labute approximate surface area is 151 Å². The molecule has 1 unspecified atom stereocenters. The number of thiocarbonyl (C=S) groups is 1. The smallest absolute Gasteiger partial charge is 0.328 e. The monoisotopic (exact) mass is 363 g/mol. The minimum absolute atomic E-state index is 0.291. The Morgan fingerprint density at radius 3 is 2.67 bits per heavy atom. The zero-order valence-electron chi connectivity index (χ0n) is 13.2. The van der Waals surface area contributed by atoms with Gasteiger partial charge in [-0.15, -0.1) is 0 Å². The van der Waals surface area contributed by atoms with Crippen LogP contribution >= 0.6 is 23.8 Å². The van der Waals surface area contributed by atoms with Gasteiger partial charge in [-0.25, -0.2) is 9.78 Å². The summed E-state index contributed by atoms with van der Waals surface area (Å²) in [5.74, 6) is 0.189. The van der Waals surface area contributed by atoms with Crippen LogP contribution in [0.3, 0.4) is 0 Å². The number of rotatable bonds is 6. The number of benzene rings is 1. The molecule has 126 valence electrons. The number of esters is 1. The predicted molar refractivity (Wildman–Crippen MR) is 99.2 cm³/mol. The lowest BCUT2D eigenvalue weighted by molar-refractivity contribution is -0.145. The van der Waals surface area contributed by atoms with Gasteiger partial charge < -0.3 is 15.4 Å². The lowest BCUT2D eigenvalue weighted by atomic mass is 10.1. The van der Waals surface area contributed by atoms with Gasteiger partial charge in [0.15, 0.2) is 5.11 Å². The van der Waals surface area contributed by atoms with E-state index in [9.17, 15) is 4.79 Å². The minimum Gasteiger partial charge on any atom is -0.464 e. The first-order valence-corrected chi connectivity index (χ1v) is 8.26. The van der Waals surface area contributed by atoms with E-state index in [-0.39, 0.29) is 5.97 Å². The molecule has 0 fully saturated rings. The molecule has 0 saturated heterocycles. The first-order chi connectivity index (χ1) is 11.6. The van der Waals surface area contributed by atoms with Crippen molar-refractivity contribution in [2.45, 2.75) is 19.4 Å². The minimum atomic E-state index is -0.584. The summed E-state index contributed by atoms with van der Waals surface area (Å²) < 4.78 is 5.12. The molecule has 0 bridgehead atoms. The molecular formula is C17H18ClN3O2S. The van der Waals surface area contributed by atoms with Crippen LogP contribution in [0.1, 0.15) is 12.5 Å². The molecule has 1 heterocycles. The molecule has 1 atom stereocenters. The average molecular weight is 364 g/mol. The second kappa shape index (κ2) is 9.20. The lowest BCUT2D eigenvalue weighted by Crippen LogP contribution is -2.45. The maximum Gasteiger partial charge on any atom is 0.328 e. The van der Waals surface area contributed by atoms with E-state index >= 15 is 0 Å². The number of pyridine rings is 1. The molecule has 1 aromatic carbocycles. The standard InChI is InChI=1S/C17H18ClN3O2S/c1-2-23-16(22)14(10-12-6-4-3-5-7-12)20-17(24)21-15-9-8-13(18)11-19-15/h3-9,11,14H,2,10H2,1H3,(H2,19,20,21,24). The number of aromatic nitrogens is 1. The number of nitrogens with zero attached hydrogens (tertiary/aromatic N) is 1. The summed E-state index contributed by atoms with van der Waals surface area (Å²) in [5.41, 5.74) is 1.01. The molecule has 5 nitrogen and oxygen atoms in total. The topological polar surface area (TPSA) is 63.2 Å². The van der Waals surface area contributed by atoms with Crippen molar-refractivity contribution in [3.63, 3.8) is 0 Å². The highest BCUT2D eigenvalue weighted by molar-refractivity contribution is 7.80. The molecule has 0 aliphatic rings. The Morgan fingerprint density at radius 1 is 1.29 bits per heavy atom. The number of halogens is 1. The van der Waals surface area contributed by atoms with E-state index in [1.807, 2.05) is 30.3 Å². The first kappa shape index (κ1) is 18.2. The van der Waals surface area contributed by atoms with Crippen LogP contribution in [0.2, 0.25) is 5.02 Å². The number of carbonyl (C=O) groups excluding carboxylic acids is 1.